The van der Waals surface area contributed by atoms with Crippen molar-refractivity contribution in [1.82, 2.24) is 5.43 Å². The van der Waals surface area contributed by atoms with Crippen molar-refractivity contribution in [3.05, 3.63) is 42.0 Å². The van der Waals surface area contributed by atoms with E-state index < -0.39 is 0 Å². The molecule has 0 spiro atoms. The van der Waals surface area contributed by atoms with Crippen molar-refractivity contribution in [3.8, 4) is 5.75 Å². The highest BCUT2D eigenvalue weighted by Crippen LogP contribution is 2.40. The van der Waals surface area contributed by atoms with E-state index in [1.807, 2.05) is 12.1 Å². The molecule has 2 aliphatic carbocycles. The second-order valence-corrected chi connectivity index (χ2v) is 4.88. The highest BCUT2D eigenvalue weighted by molar-refractivity contribution is 5.99. The molecule has 4 heteroatoms. The second-order valence-electron chi connectivity index (χ2n) is 4.88. The van der Waals surface area contributed by atoms with Crippen LogP contribution in [0.25, 0.3) is 0 Å². The normalized spacial score (nSPS) is 25.8. The molecule has 0 radical (unpaired) electrons. The van der Waals surface area contributed by atoms with E-state index in [0.717, 1.165) is 18.6 Å². The van der Waals surface area contributed by atoms with Crippen LogP contribution in [0.4, 0.5) is 0 Å². The highest BCUT2D eigenvalue weighted by Gasteiger charge is 2.38. The van der Waals surface area contributed by atoms with Crippen molar-refractivity contribution in [2.75, 3.05) is 7.11 Å². The minimum absolute atomic E-state index is 0.223. The zero-order chi connectivity index (χ0) is 13.2. The van der Waals surface area contributed by atoms with Crippen LogP contribution in [-0.2, 0) is 0 Å². The van der Waals surface area contributed by atoms with Gasteiger partial charge in [-0.05, 0) is 30.9 Å². The van der Waals surface area contributed by atoms with E-state index in [0.29, 0.717) is 23.1 Å². The smallest absolute Gasteiger partial charge is 0.275 e. The Hall–Kier alpha value is -2.10. The van der Waals surface area contributed by atoms with Crippen LogP contribution in [-0.4, -0.2) is 18.7 Å². The number of carbonyl (C=O) groups is 1. The highest BCUT2D eigenvalue weighted by atomic mass is 16.5. The fourth-order valence-corrected chi connectivity index (χ4v) is 2.68. The SMILES string of the molecule is COc1ccccc1C(=O)NN=C1CC2C=CCC12. The van der Waals surface area contributed by atoms with Gasteiger partial charge >= 0.3 is 0 Å². The number of hydrogen-bond donors (Lipinski definition) is 1. The molecule has 0 bridgehead atoms. The molecule has 2 aliphatic rings. The van der Waals surface area contributed by atoms with E-state index >= 15 is 0 Å². The first-order chi connectivity index (χ1) is 9.29. The van der Waals surface area contributed by atoms with Gasteiger partial charge in [0.2, 0.25) is 0 Å². The predicted molar refractivity (Wildman–Crippen MR) is 73.2 cm³/mol. The van der Waals surface area contributed by atoms with Crippen LogP contribution in [0.1, 0.15) is 23.2 Å². The largest absolute Gasteiger partial charge is 0.496 e. The van der Waals surface area contributed by atoms with Crippen molar-refractivity contribution in [2.45, 2.75) is 12.8 Å². The third-order valence-electron chi connectivity index (χ3n) is 3.82. The first-order valence-corrected chi connectivity index (χ1v) is 6.46. The third kappa shape index (κ3) is 2.14. The molecule has 3 rings (SSSR count). The summed E-state index contributed by atoms with van der Waals surface area (Å²) in [5, 5.41) is 4.25. The average Bonchev–Trinajstić information content (AvgIpc) is 2.80. The molecule has 98 valence electrons. The first kappa shape index (κ1) is 12.0. The second kappa shape index (κ2) is 4.88. The number of ether oxygens (including phenoxy) is 1. The quantitative estimate of drug-likeness (QED) is 0.666. The number of methoxy groups -OCH3 is 1. The molecule has 1 N–H and O–H groups in total. The van der Waals surface area contributed by atoms with Crippen molar-refractivity contribution < 1.29 is 9.53 Å². The van der Waals surface area contributed by atoms with E-state index in [9.17, 15) is 4.79 Å². The molecule has 2 atom stereocenters. The van der Waals surface area contributed by atoms with Crippen LogP contribution in [0, 0.1) is 11.8 Å². The number of nitrogens with zero attached hydrogens (tertiary/aromatic N) is 1. The lowest BCUT2D eigenvalue weighted by molar-refractivity contribution is 0.0951. The van der Waals surface area contributed by atoms with Gasteiger partial charge in [0, 0.05) is 11.6 Å². The lowest BCUT2D eigenvalue weighted by atomic mass is 9.74. The van der Waals surface area contributed by atoms with E-state index in [1.54, 1.807) is 19.2 Å². The Kier molecular flexibility index (Phi) is 3.07. The maximum Gasteiger partial charge on any atom is 0.275 e. The fraction of sp³-hybridized carbons (Fsp3) is 0.333. The van der Waals surface area contributed by atoms with Crippen LogP contribution in [0.15, 0.2) is 41.5 Å². The summed E-state index contributed by atoms with van der Waals surface area (Å²) in [6, 6.07) is 7.14. The van der Waals surface area contributed by atoms with E-state index in [4.69, 9.17) is 4.74 Å². The molecule has 1 aromatic rings. The maximum absolute atomic E-state index is 12.0. The molecule has 1 amide bonds. The molecule has 19 heavy (non-hydrogen) atoms. The van der Waals surface area contributed by atoms with Crippen LogP contribution >= 0.6 is 0 Å². The molecule has 2 unspecified atom stereocenters. The molecule has 0 aliphatic heterocycles. The standard InChI is InChI=1S/C15H16N2O2/c1-19-14-8-3-2-6-12(14)15(18)17-16-13-9-10-5-4-7-11(10)13/h2-6,8,10-11H,7,9H2,1H3,(H,17,18). The minimum Gasteiger partial charge on any atom is -0.496 e. The summed E-state index contributed by atoms with van der Waals surface area (Å²) in [6.07, 6.45) is 6.45. The molecule has 0 heterocycles. The number of amides is 1. The van der Waals surface area contributed by atoms with Gasteiger partial charge < -0.3 is 4.74 Å². The van der Waals surface area contributed by atoms with Crippen LogP contribution in [0.2, 0.25) is 0 Å². The van der Waals surface area contributed by atoms with Crippen LogP contribution in [0.5, 0.6) is 5.75 Å². The molecule has 0 aromatic heterocycles. The summed E-state index contributed by atoms with van der Waals surface area (Å²) in [5.74, 6) is 1.49. The van der Waals surface area contributed by atoms with E-state index in [1.165, 1.54) is 0 Å². The van der Waals surface area contributed by atoms with Gasteiger partial charge in [-0.25, -0.2) is 5.43 Å². The first-order valence-electron chi connectivity index (χ1n) is 6.46. The number of hydrazone groups is 1. The van der Waals surface area contributed by atoms with Crippen molar-refractivity contribution >= 4 is 11.6 Å². The number of carbonyl (C=O) groups excluding carboxylic acids is 1. The summed E-state index contributed by atoms with van der Waals surface area (Å²) in [4.78, 5) is 12.0. The molecular formula is C15H16N2O2. The Balaban J connectivity index is 1.67. The number of allylic oxidation sites excluding steroid dienone is 2. The summed E-state index contributed by atoms with van der Waals surface area (Å²) in [5.41, 5.74) is 4.23. The van der Waals surface area contributed by atoms with Crippen molar-refractivity contribution in [2.24, 2.45) is 16.9 Å². The Morgan fingerprint density at radius 3 is 3.05 bits per heavy atom. The van der Waals surface area contributed by atoms with Gasteiger partial charge in [0.15, 0.2) is 0 Å². The zero-order valence-corrected chi connectivity index (χ0v) is 10.8. The van der Waals surface area contributed by atoms with Crippen LogP contribution in [0.3, 0.4) is 0 Å². The Morgan fingerprint density at radius 2 is 2.26 bits per heavy atom. The number of hydrogen-bond acceptors (Lipinski definition) is 3. The third-order valence-corrected chi connectivity index (χ3v) is 3.82. The van der Waals surface area contributed by atoms with Gasteiger partial charge in [-0.15, -0.1) is 0 Å². The molecule has 0 saturated heterocycles. The molecule has 4 nitrogen and oxygen atoms in total. The lowest BCUT2D eigenvalue weighted by Crippen LogP contribution is -2.35. The van der Waals surface area contributed by atoms with Gasteiger partial charge in [-0.1, -0.05) is 24.3 Å². The van der Waals surface area contributed by atoms with E-state index in [2.05, 4.69) is 22.7 Å². The van der Waals surface area contributed by atoms with Crippen molar-refractivity contribution in [3.63, 3.8) is 0 Å². The molecule has 1 fully saturated rings. The Morgan fingerprint density at radius 1 is 1.42 bits per heavy atom. The Labute approximate surface area is 112 Å². The number of para-hydroxylation sites is 1. The fourth-order valence-electron chi connectivity index (χ4n) is 2.68. The predicted octanol–water partition coefficient (Wildman–Crippen LogP) is 2.38. The Bertz CT molecular complexity index is 563. The van der Waals surface area contributed by atoms with Gasteiger partial charge in [-0.2, -0.15) is 5.10 Å². The van der Waals surface area contributed by atoms with Gasteiger partial charge in [0.25, 0.3) is 5.91 Å². The van der Waals surface area contributed by atoms with Crippen molar-refractivity contribution in [1.29, 1.82) is 0 Å². The lowest BCUT2D eigenvalue weighted by Gasteiger charge is -2.31. The number of nitrogens with one attached hydrogen (secondary N) is 1. The summed E-state index contributed by atoms with van der Waals surface area (Å²) in [6.45, 7) is 0. The topological polar surface area (TPSA) is 50.7 Å². The molecular weight excluding hydrogens is 240 g/mol. The summed E-state index contributed by atoms with van der Waals surface area (Å²) < 4.78 is 5.16. The number of benzene rings is 1. The number of fused-ring (bicyclic) bond motifs is 1. The van der Waals surface area contributed by atoms with Gasteiger partial charge in [0.05, 0.1) is 12.7 Å². The summed E-state index contributed by atoms with van der Waals surface area (Å²) >= 11 is 0. The molecule has 1 saturated carbocycles. The van der Waals surface area contributed by atoms with Gasteiger partial charge in [0.1, 0.15) is 5.75 Å². The van der Waals surface area contributed by atoms with E-state index in [-0.39, 0.29) is 5.91 Å². The summed E-state index contributed by atoms with van der Waals surface area (Å²) in [7, 11) is 1.55. The number of rotatable bonds is 3. The molecule has 1 aromatic carbocycles. The monoisotopic (exact) mass is 256 g/mol. The minimum atomic E-state index is -0.223. The average molecular weight is 256 g/mol. The van der Waals surface area contributed by atoms with Crippen LogP contribution < -0.4 is 10.2 Å². The maximum atomic E-state index is 12.0. The van der Waals surface area contributed by atoms with Gasteiger partial charge in [-0.3, -0.25) is 4.79 Å². The zero-order valence-electron chi connectivity index (χ0n) is 10.8.